The molecule has 0 bridgehead atoms. The molecular formula is C10H12N4OS. The molecule has 0 aliphatic carbocycles. The Bertz CT molecular complexity index is 499. The molecule has 84 valence electrons. The first-order chi connectivity index (χ1) is 7.79. The lowest BCUT2D eigenvalue weighted by atomic mass is 10.3. The SMILES string of the molecule is CNCCc1nnc(-c2ccc(=O)[nH]c2)s1. The van der Waals surface area contributed by atoms with Crippen LogP contribution in [0.25, 0.3) is 10.6 Å². The third kappa shape index (κ3) is 2.53. The van der Waals surface area contributed by atoms with Crippen molar-refractivity contribution in [1.82, 2.24) is 20.5 Å². The minimum atomic E-state index is -0.108. The van der Waals surface area contributed by atoms with Gasteiger partial charge in [-0.15, -0.1) is 10.2 Å². The van der Waals surface area contributed by atoms with Crippen molar-refractivity contribution < 1.29 is 0 Å². The maximum Gasteiger partial charge on any atom is 0.247 e. The molecule has 0 aromatic carbocycles. The molecule has 0 saturated carbocycles. The highest BCUT2D eigenvalue weighted by Gasteiger charge is 2.05. The summed E-state index contributed by atoms with van der Waals surface area (Å²) in [6.45, 7) is 0.889. The van der Waals surface area contributed by atoms with Crippen molar-refractivity contribution in [3.05, 3.63) is 33.7 Å². The molecule has 2 aromatic heterocycles. The molecule has 0 fully saturated rings. The molecule has 2 aromatic rings. The molecule has 0 saturated heterocycles. The van der Waals surface area contributed by atoms with E-state index in [4.69, 9.17) is 0 Å². The maximum atomic E-state index is 10.9. The van der Waals surface area contributed by atoms with Crippen molar-refractivity contribution in [2.24, 2.45) is 0 Å². The molecule has 0 unspecified atom stereocenters. The Morgan fingerprint density at radius 1 is 1.44 bits per heavy atom. The van der Waals surface area contributed by atoms with E-state index in [0.717, 1.165) is 28.5 Å². The van der Waals surface area contributed by atoms with Gasteiger partial charge in [0.2, 0.25) is 5.56 Å². The first kappa shape index (κ1) is 11.0. The predicted octanol–water partition coefficient (Wildman–Crippen LogP) is 0.655. The second-order valence-corrected chi connectivity index (χ2v) is 4.36. The number of nitrogens with zero attached hydrogens (tertiary/aromatic N) is 2. The number of H-pyrrole nitrogens is 1. The Balaban J connectivity index is 2.18. The minimum Gasteiger partial charge on any atom is -0.328 e. The van der Waals surface area contributed by atoms with Gasteiger partial charge in [-0.2, -0.15) is 0 Å². The molecule has 0 atom stereocenters. The molecule has 2 rings (SSSR count). The fourth-order valence-electron chi connectivity index (χ4n) is 1.25. The quantitative estimate of drug-likeness (QED) is 0.818. The van der Waals surface area contributed by atoms with Gasteiger partial charge in [-0.25, -0.2) is 0 Å². The molecule has 0 aliphatic rings. The van der Waals surface area contributed by atoms with Gasteiger partial charge in [0, 0.05) is 30.8 Å². The van der Waals surface area contributed by atoms with Gasteiger partial charge >= 0.3 is 0 Å². The van der Waals surface area contributed by atoms with Gasteiger partial charge in [0.05, 0.1) is 0 Å². The Hall–Kier alpha value is -1.53. The smallest absolute Gasteiger partial charge is 0.247 e. The highest BCUT2D eigenvalue weighted by atomic mass is 32.1. The summed E-state index contributed by atoms with van der Waals surface area (Å²) in [5.41, 5.74) is 0.788. The third-order valence-electron chi connectivity index (χ3n) is 2.09. The first-order valence-corrected chi connectivity index (χ1v) is 5.77. The number of pyridine rings is 1. The summed E-state index contributed by atoms with van der Waals surface area (Å²) in [5.74, 6) is 0. The average molecular weight is 236 g/mol. The van der Waals surface area contributed by atoms with E-state index in [9.17, 15) is 4.79 Å². The van der Waals surface area contributed by atoms with Crippen molar-refractivity contribution in [3.63, 3.8) is 0 Å². The summed E-state index contributed by atoms with van der Waals surface area (Å²) in [4.78, 5) is 13.5. The zero-order chi connectivity index (χ0) is 11.4. The van der Waals surface area contributed by atoms with Crippen molar-refractivity contribution in [3.8, 4) is 10.6 Å². The van der Waals surface area contributed by atoms with Gasteiger partial charge in [0.15, 0.2) is 0 Å². The van der Waals surface area contributed by atoms with Gasteiger partial charge in [0.25, 0.3) is 0 Å². The Morgan fingerprint density at radius 2 is 2.31 bits per heavy atom. The van der Waals surface area contributed by atoms with E-state index in [2.05, 4.69) is 20.5 Å². The van der Waals surface area contributed by atoms with Crippen LogP contribution in [0, 0.1) is 0 Å². The summed E-state index contributed by atoms with van der Waals surface area (Å²) < 4.78 is 0. The van der Waals surface area contributed by atoms with Crippen LogP contribution in [-0.4, -0.2) is 28.8 Å². The predicted molar refractivity (Wildman–Crippen MR) is 63.6 cm³/mol. The van der Waals surface area contributed by atoms with Crippen LogP contribution in [0.5, 0.6) is 0 Å². The van der Waals surface area contributed by atoms with Gasteiger partial charge in [0.1, 0.15) is 10.0 Å². The van der Waals surface area contributed by atoms with Crippen LogP contribution in [0.4, 0.5) is 0 Å². The highest BCUT2D eigenvalue weighted by Crippen LogP contribution is 2.21. The maximum absolute atomic E-state index is 10.9. The van der Waals surface area contributed by atoms with Gasteiger partial charge < -0.3 is 10.3 Å². The van der Waals surface area contributed by atoms with Crippen LogP contribution >= 0.6 is 11.3 Å². The van der Waals surface area contributed by atoms with Crippen LogP contribution in [-0.2, 0) is 6.42 Å². The molecule has 0 radical (unpaired) electrons. The molecule has 0 amide bonds. The van der Waals surface area contributed by atoms with Crippen LogP contribution in [0.1, 0.15) is 5.01 Å². The first-order valence-electron chi connectivity index (χ1n) is 4.95. The van der Waals surface area contributed by atoms with Crippen LogP contribution in [0.2, 0.25) is 0 Å². The van der Waals surface area contributed by atoms with Gasteiger partial charge in [-0.3, -0.25) is 4.79 Å². The standard InChI is InChI=1S/C10H12N4OS/c1-11-5-4-9-13-14-10(16-9)7-2-3-8(15)12-6-7/h2-3,6,11H,4-5H2,1H3,(H,12,15). The monoisotopic (exact) mass is 236 g/mol. The molecule has 6 heteroatoms. The lowest BCUT2D eigenvalue weighted by Crippen LogP contribution is -2.09. The lowest BCUT2D eigenvalue weighted by molar-refractivity contribution is 0.779. The van der Waals surface area contributed by atoms with Crippen molar-refractivity contribution in [2.75, 3.05) is 13.6 Å². The Kier molecular flexibility index (Phi) is 3.43. The van der Waals surface area contributed by atoms with E-state index in [1.807, 2.05) is 7.05 Å². The molecule has 2 heterocycles. The van der Waals surface area contributed by atoms with Crippen molar-refractivity contribution in [1.29, 1.82) is 0 Å². The van der Waals surface area contributed by atoms with E-state index in [1.54, 1.807) is 23.6 Å². The largest absolute Gasteiger partial charge is 0.328 e. The van der Waals surface area contributed by atoms with Crippen LogP contribution in [0.3, 0.4) is 0 Å². The number of nitrogens with one attached hydrogen (secondary N) is 2. The zero-order valence-corrected chi connectivity index (χ0v) is 9.67. The summed E-state index contributed by atoms with van der Waals surface area (Å²) >= 11 is 1.55. The highest BCUT2D eigenvalue weighted by molar-refractivity contribution is 7.14. The topological polar surface area (TPSA) is 70.7 Å². The summed E-state index contributed by atoms with van der Waals surface area (Å²) in [5, 5.41) is 13.1. The van der Waals surface area contributed by atoms with E-state index in [1.165, 1.54) is 6.07 Å². The summed E-state index contributed by atoms with van der Waals surface area (Å²) in [7, 11) is 1.91. The van der Waals surface area contributed by atoms with Gasteiger partial charge in [-0.1, -0.05) is 11.3 Å². The molecule has 0 aliphatic heterocycles. The Morgan fingerprint density at radius 3 is 3.00 bits per heavy atom. The lowest BCUT2D eigenvalue weighted by Gasteiger charge is -1.93. The van der Waals surface area contributed by atoms with E-state index >= 15 is 0 Å². The normalized spacial score (nSPS) is 10.6. The second-order valence-electron chi connectivity index (χ2n) is 3.30. The number of hydrogen-bond acceptors (Lipinski definition) is 5. The number of rotatable bonds is 4. The van der Waals surface area contributed by atoms with Crippen molar-refractivity contribution in [2.45, 2.75) is 6.42 Å². The zero-order valence-electron chi connectivity index (χ0n) is 8.86. The molecular weight excluding hydrogens is 224 g/mol. The Labute approximate surface area is 96.6 Å². The molecule has 0 spiro atoms. The molecule has 5 nitrogen and oxygen atoms in total. The number of likely N-dealkylation sites (N-methyl/N-ethyl adjacent to an activating group) is 1. The van der Waals surface area contributed by atoms with Gasteiger partial charge in [-0.05, 0) is 13.1 Å². The number of aromatic nitrogens is 3. The molecule has 2 N–H and O–H groups in total. The van der Waals surface area contributed by atoms with E-state index < -0.39 is 0 Å². The summed E-state index contributed by atoms with van der Waals surface area (Å²) in [6, 6.07) is 3.24. The number of aromatic amines is 1. The fourth-order valence-corrected chi connectivity index (χ4v) is 2.08. The minimum absolute atomic E-state index is 0.108. The molecule has 16 heavy (non-hydrogen) atoms. The van der Waals surface area contributed by atoms with Crippen LogP contribution < -0.4 is 10.9 Å². The van der Waals surface area contributed by atoms with E-state index in [-0.39, 0.29) is 5.56 Å². The van der Waals surface area contributed by atoms with Crippen molar-refractivity contribution >= 4 is 11.3 Å². The number of hydrogen-bond donors (Lipinski definition) is 2. The van der Waals surface area contributed by atoms with Crippen LogP contribution in [0.15, 0.2) is 23.1 Å². The second kappa shape index (κ2) is 5.00. The fraction of sp³-hybridized carbons (Fsp3) is 0.300. The average Bonchev–Trinajstić information content (AvgIpc) is 2.76. The summed E-state index contributed by atoms with van der Waals surface area (Å²) in [6.07, 6.45) is 2.53. The third-order valence-corrected chi connectivity index (χ3v) is 3.12. The van der Waals surface area contributed by atoms with E-state index in [0.29, 0.717) is 0 Å².